The van der Waals surface area contributed by atoms with Crippen LogP contribution in [0, 0.1) is 11.3 Å². The smallest absolute Gasteiger partial charge is 0.338 e. The van der Waals surface area contributed by atoms with Crippen LogP contribution in [0.5, 0.6) is 0 Å². The Kier molecular flexibility index (Phi) is 11.5. The van der Waals surface area contributed by atoms with Gasteiger partial charge < -0.3 is 13.8 Å². The molecule has 1 heterocycles. The fraction of sp³-hybridized carbons (Fsp3) is 0.667. The zero-order chi connectivity index (χ0) is 24.6. The molecule has 1 aliphatic rings. The van der Waals surface area contributed by atoms with Crippen molar-refractivity contribution in [1.29, 1.82) is 5.26 Å². The predicted molar refractivity (Wildman–Crippen MR) is 139 cm³/mol. The van der Waals surface area contributed by atoms with E-state index in [-0.39, 0.29) is 28.9 Å². The van der Waals surface area contributed by atoms with Gasteiger partial charge in [0.05, 0.1) is 29.4 Å². The molecule has 184 valence electrons. The third kappa shape index (κ3) is 8.42. The summed E-state index contributed by atoms with van der Waals surface area (Å²) in [6.07, 6.45) is 0.195. The lowest BCUT2D eigenvalue weighted by Gasteiger charge is -2.42. The SMILES string of the molecule is CC1C[C@H](OC(=O)c2ccccc2)[C@@H](OP(OCCC#N)N(C(C)C)C(C)C)C(C)(C)SS1. The third-order valence-electron chi connectivity index (χ3n) is 5.15. The molecular weight excluding hydrogens is 475 g/mol. The maximum absolute atomic E-state index is 13.0. The maximum atomic E-state index is 13.0. The lowest BCUT2D eigenvalue weighted by atomic mass is 9.97. The molecule has 1 aromatic carbocycles. The second-order valence-corrected chi connectivity index (χ2v) is 13.9. The Morgan fingerprint density at radius 2 is 1.88 bits per heavy atom. The van der Waals surface area contributed by atoms with Crippen LogP contribution in [0.1, 0.15) is 71.7 Å². The molecule has 1 aliphatic heterocycles. The van der Waals surface area contributed by atoms with Crippen molar-refractivity contribution in [2.75, 3.05) is 6.61 Å². The van der Waals surface area contributed by atoms with Crippen molar-refractivity contribution in [2.45, 2.75) is 95.6 Å². The minimum Gasteiger partial charge on any atom is -0.456 e. The molecular formula is C24H37N2O4PS2. The van der Waals surface area contributed by atoms with Crippen molar-refractivity contribution in [3.63, 3.8) is 0 Å². The van der Waals surface area contributed by atoms with E-state index in [1.54, 1.807) is 33.7 Å². The van der Waals surface area contributed by atoms with Crippen LogP contribution in [-0.4, -0.2) is 51.5 Å². The van der Waals surface area contributed by atoms with Crippen LogP contribution in [-0.2, 0) is 13.8 Å². The van der Waals surface area contributed by atoms with Gasteiger partial charge in [0, 0.05) is 17.3 Å². The van der Waals surface area contributed by atoms with Crippen molar-refractivity contribution in [3.05, 3.63) is 35.9 Å². The number of rotatable bonds is 10. The van der Waals surface area contributed by atoms with Crippen LogP contribution < -0.4 is 0 Å². The van der Waals surface area contributed by atoms with E-state index >= 15 is 0 Å². The molecule has 4 atom stereocenters. The summed E-state index contributed by atoms with van der Waals surface area (Å²) in [5.41, 5.74) is 0.532. The van der Waals surface area contributed by atoms with Gasteiger partial charge in [0.25, 0.3) is 8.53 Å². The first kappa shape index (κ1) is 28.4. The standard InChI is InChI=1S/C24H37N2O4PS2/c1-17(2)26(18(3)4)31(28-15-11-14-25)30-22-21(16-19(5)32-33-24(22,6)7)29-23(27)20-12-9-8-10-13-20/h8-10,12-13,17-19,21-22H,11,15-16H2,1-7H3/t19?,21-,22+,31?/m0/s1. The van der Waals surface area contributed by atoms with E-state index in [9.17, 15) is 4.79 Å². The number of carbonyl (C=O) groups excluding carboxylic acids is 1. The quantitative estimate of drug-likeness (QED) is 0.146. The van der Waals surface area contributed by atoms with Crippen LogP contribution in [0.3, 0.4) is 0 Å². The number of nitrogens with zero attached hydrogens (tertiary/aromatic N) is 2. The van der Waals surface area contributed by atoms with Crippen LogP contribution in [0.2, 0.25) is 0 Å². The van der Waals surface area contributed by atoms with Gasteiger partial charge >= 0.3 is 5.97 Å². The van der Waals surface area contributed by atoms with Gasteiger partial charge in [0.2, 0.25) is 0 Å². The molecule has 0 bridgehead atoms. The summed E-state index contributed by atoms with van der Waals surface area (Å²) in [4.78, 5) is 13.0. The molecule has 0 amide bonds. The Bertz CT molecular complexity index is 780. The van der Waals surface area contributed by atoms with E-state index < -0.39 is 14.6 Å². The summed E-state index contributed by atoms with van der Waals surface area (Å²) in [5.74, 6) is -0.339. The summed E-state index contributed by atoms with van der Waals surface area (Å²) in [7, 11) is 2.11. The Balaban J connectivity index is 2.36. The molecule has 0 spiro atoms. The average Bonchev–Trinajstić information content (AvgIpc) is 2.85. The molecule has 1 aromatic rings. The van der Waals surface area contributed by atoms with E-state index in [0.29, 0.717) is 30.3 Å². The van der Waals surface area contributed by atoms with Crippen molar-refractivity contribution >= 4 is 36.1 Å². The van der Waals surface area contributed by atoms with Crippen LogP contribution >= 0.6 is 30.1 Å². The minimum absolute atomic E-state index is 0.193. The number of benzene rings is 1. The highest BCUT2D eigenvalue weighted by atomic mass is 33.1. The lowest BCUT2D eigenvalue weighted by molar-refractivity contribution is -0.0257. The Labute approximate surface area is 208 Å². The molecule has 0 radical (unpaired) electrons. The van der Waals surface area contributed by atoms with Gasteiger partial charge in [-0.15, -0.1) is 0 Å². The Morgan fingerprint density at radius 3 is 2.45 bits per heavy atom. The number of hydrogen-bond acceptors (Lipinski definition) is 8. The third-order valence-corrected chi connectivity index (χ3v) is 11.1. The molecule has 33 heavy (non-hydrogen) atoms. The first-order chi connectivity index (χ1) is 15.6. The Hall–Kier alpha value is -0.810. The molecule has 1 saturated heterocycles. The van der Waals surface area contributed by atoms with E-state index in [1.807, 2.05) is 18.2 Å². The van der Waals surface area contributed by atoms with Crippen LogP contribution in [0.25, 0.3) is 0 Å². The summed E-state index contributed by atoms with van der Waals surface area (Å²) in [6, 6.07) is 11.6. The highest BCUT2D eigenvalue weighted by Gasteiger charge is 2.46. The molecule has 6 nitrogen and oxygen atoms in total. The molecule has 2 rings (SSSR count). The van der Waals surface area contributed by atoms with Gasteiger partial charge in [0.15, 0.2) is 0 Å². The zero-order valence-electron chi connectivity index (χ0n) is 20.7. The summed E-state index contributed by atoms with van der Waals surface area (Å²) < 4.78 is 20.9. The number of hydrogen-bond donors (Lipinski definition) is 0. The molecule has 2 unspecified atom stereocenters. The first-order valence-electron chi connectivity index (χ1n) is 11.4. The van der Waals surface area contributed by atoms with Gasteiger partial charge in [-0.25, -0.2) is 9.46 Å². The van der Waals surface area contributed by atoms with E-state index in [0.717, 1.165) is 0 Å². The van der Waals surface area contributed by atoms with Crippen molar-refractivity contribution in [1.82, 2.24) is 4.67 Å². The Morgan fingerprint density at radius 1 is 1.24 bits per heavy atom. The fourth-order valence-electron chi connectivity index (χ4n) is 3.67. The van der Waals surface area contributed by atoms with Gasteiger partial charge in [-0.2, -0.15) is 5.26 Å². The normalized spacial score (nSPS) is 23.8. The van der Waals surface area contributed by atoms with Crippen molar-refractivity contribution in [3.8, 4) is 6.07 Å². The summed E-state index contributed by atoms with van der Waals surface area (Å²) in [5, 5.41) is 9.32. The second kappa shape index (κ2) is 13.3. The monoisotopic (exact) mass is 512 g/mol. The maximum Gasteiger partial charge on any atom is 0.338 e. The second-order valence-electron chi connectivity index (χ2n) is 9.21. The minimum atomic E-state index is -1.46. The molecule has 0 N–H and O–H groups in total. The molecule has 1 fully saturated rings. The largest absolute Gasteiger partial charge is 0.456 e. The van der Waals surface area contributed by atoms with Gasteiger partial charge in [-0.05, 0) is 60.1 Å². The predicted octanol–water partition coefficient (Wildman–Crippen LogP) is 6.83. The molecule has 0 aromatic heterocycles. The number of esters is 1. The number of nitriles is 1. The fourth-order valence-corrected chi connectivity index (χ4v) is 8.37. The van der Waals surface area contributed by atoms with Gasteiger partial charge in [-0.1, -0.05) is 46.7 Å². The van der Waals surface area contributed by atoms with Crippen molar-refractivity contribution in [2.24, 2.45) is 0 Å². The average molecular weight is 513 g/mol. The molecule has 9 heteroatoms. The molecule has 0 saturated carbocycles. The van der Waals surface area contributed by atoms with E-state index in [4.69, 9.17) is 19.0 Å². The summed E-state index contributed by atoms with van der Waals surface area (Å²) >= 11 is 0. The van der Waals surface area contributed by atoms with Gasteiger partial charge in [-0.3, -0.25) is 0 Å². The zero-order valence-corrected chi connectivity index (χ0v) is 23.2. The highest BCUT2D eigenvalue weighted by molar-refractivity contribution is 8.77. The van der Waals surface area contributed by atoms with Gasteiger partial charge in [0.1, 0.15) is 12.2 Å². The number of carbonyl (C=O) groups is 1. The van der Waals surface area contributed by atoms with Crippen LogP contribution in [0.15, 0.2) is 30.3 Å². The molecule has 0 aliphatic carbocycles. The van der Waals surface area contributed by atoms with Crippen molar-refractivity contribution < 1.29 is 18.6 Å². The highest BCUT2D eigenvalue weighted by Crippen LogP contribution is 2.54. The first-order valence-corrected chi connectivity index (χ1v) is 14.8. The van der Waals surface area contributed by atoms with E-state index in [2.05, 4.69) is 59.2 Å². The van der Waals surface area contributed by atoms with E-state index in [1.165, 1.54) is 0 Å². The lowest BCUT2D eigenvalue weighted by Crippen LogP contribution is -2.46. The van der Waals surface area contributed by atoms with Crippen LogP contribution in [0.4, 0.5) is 0 Å². The number of ether oxygens (including phenoxy) is 1. The topological polar surface area (TPSA) is 71.8 Å². The summed E-state index contributed by atoms with van der Waals surface area (Å²) in [6.45, 7) is 15.2.